The molecular formula is C100H88BBrCl5N15O4S9U. The molecule has 14 rings (SSSR count). The molecular weight excluding hydrogens is 2270 g/mol. The number of thiazole rings is 1. The Morgan fingerprint density at radius 1 is 0.449 bits per heavy atom. The number of amidine groups is 6. The Labute approximate surface area is 892 Å². The van der Waals surface area contributed by atoms with Gasteiger partial charge in [0.2, 0.25) is 5.78 Å². The number of nitrogens with zero attached hydrogens (tertiary/aromatic N) is 8. The molecule has 0 unspecified atom stereocenters. The molecule has 136 heavy (non-hydrogen) atoms. The van der Waals surface area contributed by atoms with Crippen molar-refractivity contribution in [2.75, 3.05) is 27.5 Å². The van der Waals surface area contributed by atoms with E-state index in [2.05, 4.69) is 91.8 Å². The van der Waals surface area contributed by atoms with Crippen LogP contribution in [0.1, 0.15) is 63.8 Å². The normalized spacial score (nSPS) is 11.2. The Bertz CT molecular complexity index is 6240. The Morgan fingerprint density at radius 2 is 0.779 bits per heavy atom. The molecule has 13 aromatic carbocycles. The maximum atomic E-state index is 12.5. The number of alkyl halides is 1. The summed E-state index contributed by atoms with van der Waals surface area (Å²) in [6.45, 7) is 0. The number of nitrogen functional groups attached to an aromatic ring is 1. The molecule has 0 aliphatic heterocycles. The zero-order valence-electron chi connectivity index (χ0n) is 73.2. The van der Waals surface area contributed by atoms with E-state index in [1.807, 2.05) is 346 Å². The van der Waals surface area contributed by atoms with Gasteiger partial charge in [0.1, 0.15) is 16.5 Å². The molecule has 0 atom stereocenters. The zero-order valence-corrected chi connectivity index (χ0v) is 89.1. The van der Waals surface area contributed by atoms with Crippen molar-refractivity contribution in [3.05, 3.63) is 445 Å². The minimum atomic E-state index is -0.105. The number of para-hydroxylation sites is 5. The summed E-state index contributed by atoms with van der Waals surface area (Å²) in [5.74, 6) is 3.47. The van der Waals surface area contributed by atoms with Crippen LogP contribution in [0.2, 0.25) is 20.1 Å². The number of rotatable bonds is 23. The first kappa shape index (κ1) is 113. The Balaban J connectivity index is 0.000000253. The van der Waals surface area contributed by atoms with Gasteiger partial charge in [0, 0.05) is 133 Å². The van der Waals surface area contributed by atoms with E-state index < -0.39 is 0 Å². The van der Waals surface area contributed by atoms with E-state index >= 15 is 0 Å². The first-order valence-electron chi connectivity index (χ1n) is 40.5. The number of carbonyl (C=O) groups excluding carboxylic acids is 3. The molecule has 2 radical (unpaired) electrons. The van der Waals surface area contributed by atoms with Crippen LogP contribution >= 0.6 is 180 Å². The first-order valence-corrected chi connectivity index (χ1v) is 50.3. The van der Waals surface area contributed by atoms with E-state index in [9.17, 15) is 19.5 Å². The maximum Gasteiger partial charge on any atom is 0.206 e. The summed E-state index contributed by atoms with van der Waals surface area (Å²) in [5.41, 5.74) is 40.8. The van der Waals surface area contributed by atoms with Gasteiger partial charge in [-0.2, -0.15) is 24.5 Å². The number of aliphatic hydroxyl groups excluding tert-OH is 1. The first-order chi connectivity index (χ1) is 66.1. The molecule has 1 aromatic heterocycles. The number of hydrogen-bond donors (Lipinski definition) is 8. The molecule has 19 nitrogen and oxygen atoms in total. The van der Waals surface area contributed by atoms with Gasteiger partial charge in [-0.25, -0.2) is 15.0 Å². The fourth-order valence-electron chi connectivity index (χ4n) is 10.2. The van der Waals surface area contributed by atoms with E-state index in [0.717, 1.165) is 83.4 Å². The predicted octanol–water partition coefficient (Wildman–Crippen LogP) is 28.1. The van der Waals surface area contributed by atoms with Crippen LogP contribution in [0, 0.1) is 31.1 Å². The number of ketones is 3. The Hall–Kier alpha value is -10.3. The van der Waals surface area contributed by atoms with Crippen molar-refractivity contribution in [2.45, 2.75) is 23.0 Å². The summed E-state index contributed by atoms with van der Waals surface area (Å²) in [5, 5.41) is 27.1. The molecule has 0 aliphatic carbocycles. The number of anilines is 4. The second-order valence-corrected chi connectivity index (χ2v) is 36.4. The third-order valence-corrected chi connectivity index (χ3v) is 24.8. The average Bonchev–Trinajstić information content (AvgIpc) is 1.69. The van der Waals surface area contributed by atoms with Gasteiger partial charge in [0.25, 0.3) is 0 Å². The predicted molar refractivity (Wildman–Crippen MR) is 600 cm³/mol. The fraction of sp³-hybridized carbons (Fsp3) is 0.0600. The molecule has 0 saturated heterocycles. The molecule has 690 valence electrons. The number of thioether (sulfide) groups is 6. The number of halogens is 6. The quantitative estimate of drug-likeness (QED) is 0.00561. The van der Waals surface area contributed by atoms with Gasteiger partial charge >= 0.3 is 0 Å². The second-order valence-electron chi connectivity index (χ2n) is 26.6. The number of nitrogens with two attached hydrogens (primary N) is 5. The van der Waals surface area contributed by atoms with E-state index in [1.54, 1.807) is 29.7 Å². The molecule has 0 amide bonds. The van der Waals surface area contributed by atoms with Gasteiger partial charge < -0.3 is 44.4 Å². The minimum Gasteiger partial charge on any atom is -0.507 e. The van der Waals surface area contributed by atoms with E-state index in [-0.39, 0.29) is 65.8 Å². The number of aliphatic imine (C=N–C) groups is 6. The van der Waals surface area contributed by atoms with Crippen molar-refractivity contribution in [1.82, 2.24) is 4.98 Å². The fourth-order valence-corrected chi connectivity index (χ4v) is 16.5. The van der Waals surface area contributed by atoms with Crippen LogP contribution in [-0.2, 0) is 23.0 Å². The van der Waals surface area contributed by atoms with Crippen LogP contribution in [0.4, 0.5) is 39.4 Å². The largest absolute Gasteiger partial charge is 0.507 e. The second kappa shape index (κ2) is 67.0. The number of Topliss-reactive ketones (excluding diaryl/α,β-unsaturated/α-hetero) is 2. The smallest absolute Gasteiger partial charge is 0.206 e. The van der Waals surface area contributed by atoms with Crippen LogP contribution in [0.25, 0.3) is 5.76 Å². The number of nitrogens with one attached hydrogen (secondary N) is 2. The molecule has 0 bridgehead atoms. The summed E-state index contributed by atoms with van der Waals surface area (Å²) in [4.78, 5) is 66.5. The van der Waals surface area contributed by atoms with Crippen molar-refractivity contribution in [2.24, 2.45) is 57.4 Å². The SMILES string of the molecule is NC(=NC(=Nc1ccccc1)S/C=C(/O)c1ccccc1)SCc1ccc(Cl)cc1.NC(=NC(=Nc1ccccc1)SCC(=O)c1ccccc1)SCc1ccc(Cl)cc1.NC(=NC(=S)Nc1ccccc1)SCc1ccc(Cl)cc1.NC(=NCl)SCc1ccc(Cl)cc1.Nc1nc(Nc2ccccc2)sc1C(=O)c1ccccc1.O=C(CBr)c1ccccc1.S=C=Nc1ccccc1.[2H][B].[U]. The van der Waals surface area contributed by atoms with Crippen molar-refractivity contribution >= 4 is 293 Å². The number of hydrogen-bond acceptors (Lipinski definition) is 20. The van der Waals surface area contributed by atoms with Crippen LogP contribution in [-0.4, -0.2) is 89.5 Å². The van der Waals surface area contributed by atoms with Crippen LogP contribution in [0.15, 0.2) is 410 Å². The van der Waals surface area contributed by atoms with Gasteiger partial charge in [-0.1, -0.05) is 405 Å². The zero-order chi connectivity index (χ0) is 97.7. The molecule has 1 heterocycles. The summed E-state index contributed by atoms with van der Waals surface area (Å²) in [6.07, 6.45) is 0. The standard InChI is InChI=1S/2C23H20ClN3OS2.C16H13N3OS.C15H14ClN3S2.C8H7BrO.C8H8Cl2N2S.C7H5NS.BH.U/c2*24-19-13-11-17(12-14-19)15-29-22(25)27-23(26-20-9-5-2-6-10-20)30-16-21(28)18-7-3-1-4-8-18;17-15-14(13(20)11-7-3-1-4-8-11)21-16(19-15)18-12-9-5-2-6-10-12;16-12-8-6-11(7-9-12)10-21-14(17)19-15(20)18-13-4-2-1-3-5-13;9-6-8(10)7-4-2-1-3-5-7;9-7-3-1-6(2-4-7)5-13-8(11)12-10;9-6-8-7-4-2-1-3-5-7;;/h1-14H,15-16H2,(H2,25,26,27);1-14,16,28H,15H2,(H2,25,26,27);1-10H,17H2,(H,18,19);1-9H,10H2,(H3,17,18,19,20);1-5H,6H2;1-4H,5H2,(H2,11,12);1-5H;1H;/b;21-16+;;;;;;;/i;;;;;;;1D;. The van der Waals surface area contributed by atoms with Crippen molar-refractivity contribution in [3.8, 4) is 0 Å². The number of carbonyl (C=O) groups is 3. The molecule has 14 aromatic rings. The maximum absolute atomic E-state index is 12.5. The number of aliphatic hydroxyl groups is 1. The van der Waals surface area contributed by atoms with Crippen molar-refractivity contribution < 1.29 is 50.6 Å². The molecule has 0 aliphatic rings. The summed E-state index contributed by atoms with van der Waals surface area (Å²) in [6, 6.07) is 115. The van der Waals surface area contributed by atoms with Gasteiger partial charge in [-0.15, -0.1) is 0 Å². The molecule has 13 N–H and O–H groups in total. The number of thiocarbonyl (C=S) groups is 2. The van der Waals surface area contributed by atoms with Crippen LogP contribution in [0.3, 0.4) is 0 Å². The van der Waals surface area contributed by atoms with Gasteiger partial charge in [-0.3, -0.25) is 14.4 Å². The van der Waals surface area contributed by atoms with E-state index in [4.69, 9.17) is 100 Å². The van der Waals surface area contributed by atoms with E-state index in [1.165, 1.54) is 81.9 Å². The van der Waals surface area contributed by atoms with Gasteiger partial charge in [0.05, 0.1) is 33.3 Å². The average molecular weight is 2360 g/mol. The number of isothiocyanates is 1. The molecule has 0 fully saturated rings. The van der Waals surface area contributed by atoms with Crippen LogP contribution in [0.5, 0.6) is 0 Å². The third kappa shape index (κ3) is 47.2. The van der Waals surface area contributed by atoms with Crippen molar-refractivity contribution in [1.29, 1.82) is 1.34 Å². The number of benzene rings is 13. The minimum absolute atomic E-state index is 0. The van der Waals surface area contributed by atoms with Gasteiger partial charge in [0.15, 0.2) is 52.8 Å². The summed E-state index contributed by atoms with van der Waals surface area (Å²) in [7, 11) is 3.75. The molecule has 0 spiro atoms. The van der Waals surface area contributed by atoms with Crippen LogP contribution < -0.4 is 39.3 Å². The number of aromatic nitrogens is 1. The van der Waals surface area contributed by atoms with E-state index in [0.29, 0.717) is 84.1 Å². The van der Waals surface area contributed by atoms with Gasteiger partial charge in [-0.05, 0) is 157 Å². The topological polar surface area (TPSA) is 325 Å². The Morgan fingerprint density at radius 3 is 1.17 bits per heavy atom. The third-order valence-electron chi connectivity index (χ3n) is 16.7. The molecule has 36 heteroatoms. The van der Waals surface area contributed by atoms with Crippen molar-refractivity contribution in [3.63, 3.8) is 0 Å². The Kier molecular flexibility index (Phi) is 55.6. The summed E-state index contributed by atoms with van der Waals surface area (Å²) >= 11 is 50.6. The monoisotopic (exact) mass is 2350 g/mol. The molecule has 0 saturated carbocycles. The summed E-state index contributed by atoms with van der Waals surface area (Å²) < 4.78 is 8.57.